The molecule has 0 radical (unpaired) electrons. The Labute approximate surface area is 299 Å². The van der Waals surface area contributed by atoms with E-state index in [0.717, 1.165) is 23.1 Å². The molecule has 0 atom stereocenters. The van der Waals surface area contributed by atoms with Gasteiger partial charge in [0, 0.05) is 28.6 Å². The average Bonchev–Trinajstić information content (AvgIpc) is 3.46. The van der Waals surface area contributed by atoms with Gasteiger partial charge in [-0.15, -0.1) is 0 Å². The monoisotopic (exact) mass is 745 g/mol. The van der Waals surface area contributed by atoms with Crippen LogP contribution in [0, 0.1) is 6.92 Å². The Morgan fingerprint density at radius 3 is 1.77 bits per heavy atom. The van der Waals surface area contributed by atoms with Crippen LogP contribution >= 0.6 is 0 Å². The second-order valence-corrected chi connectivity index (χ2v) is 13.7. The van der Waals surface area contributed by atoms with Crippen molar-refractivity contribution in [1.29, 1.82) is 0 Å². The van der Waals surface area contributed by atoms with E-state index >= 15 is 0 Å². The van der Waals surface area contributed by atoms with Gasteiger partial charge in [-0.1, -0.05) is 13.8 Å². The number of H-pyrrole nitrogens is 1. The molecule has 5 rings (SSSR count). The number of rotatable bonds is 7. The van der Waals surface area contributed by atoms with Crippen molar-refractivity contribution >= 4 is 22.8 Å². The fraction of sp³-hybridized carbons (Fsp3) is 0.568. The highest BCUT2D eigenvalue weighted by molar-refractivity contribution is 5.93. The lowest BCUT2D eigenvalue weighted by atomic mass is 9.84. The summed E-state index contributed by atoms with van der Waals surface area (Å²) in [5, 5.41) is 15.6. The molecule has 1 aromatic heterocycles. The summed E-state index contributed by atoms with van der Waals surface area (Å²) in [5.74, 6) is -2.95. The first-order valence-corrected chi connectivity index (χ1v) is 17.2. The van der Waals surface area contributed by atoms with E-state index in [-0.39, 0.29) is 0 Å². The van der Waals surface area contributed by atoms with Gasteiger partial charge in [0.2, 0.25) is 0 Å². The predicted molar refractivity (Wildman–Crippen MR) is 186 cm³/mol. The van der Waals surface area contributed by atoms with E-state index < -0.39 is 24.3 Å². The molecule has 0 saturated carbocycles. The Bertz CT molecular complexity index is 1630. The maximum absolute atomic E-state index is 10.6. The van der Waals surface area contributed by atoms with E-state index in [0.29, 0.717) is 17.9 Å². The van der Waals surface area contributed by atoms with Crippen molar-refractivity contribution in [3.8, 4) is 22.8 Å². The van der Waals surface area contributed by atoms with Crippen LogP contribution in [-0.4, -0.2) is 102 Å². The summed E-state index contributed by atoms with van der Waals surface area (Å²) in [4.78, 5) is 27.0. The molecular weight excluding hydrogens is 696 g/mol. The third-order valence-corrected chi connectivity index (χ3v) is 9.68. The van der Waals surface area contributed by atoms with Gasteiger partial charge in [0.05, 0.1) is 19.9 Å². The minimum atomic E-state index is -5.08. The second-order valence-electron chi connectivity index (χ2n) is 13.7. The Kier molecular flexibility index (Phi) is 14.4. The second kappa shape index (κ2) is 17.7. The van der Waals surface area contributed by atoms with E-state index in [4.69, 9.17) is 29.3 Å². The van der Waals surface area contributed by atoms with Crippen LogP contribution in [0.4, 0.5) is 26.3 Å². The minimum absolute atomic E-state index is 0.404. The maximum Gasteiger partial charge on any atom is 0.490 e. The Hall–Kier alpha value is -3.98. The van der Waals surface area contributed by atoms with Gasteiger partial charge in [0.25, 0.3) is 0 Å². The van der Waals surface area contributed by atoms with Crippen LogP contribution in [0.2, 0.25) is 0 Å². The number of carbonyl (C=O) groups is 2. The Balaban J connectivity index is 0.000000441. The standard InChI is InChI=1S/C33H47N3O2.2C2HF3O2/c1-21(2)32-28-20-27(24-10-14-36(15-11-24)26-12-16-35(17-13-26)22(3)4)23(5)18-29(28)34-33(32)25-8-9-30(37-6)31(19-25)38-7;2*3-2(4,5)1(6)7/h8-9,18-22,24,26,34H,10-17H2,1-7H3;2*(H,6,7). The van der Waals surface area contributed by atoms with Crippen LogP contribution < -0.4 is 9.47 Å². The number of aromatic amines is 1. The van der Waals surface area contributed by atoms with E-state index in [1.54, 1.807) is 19.8 Å². The first kappa shape index (κ1) is 42.4. The lowest BCUT2D eigenvalue weighted by Gasteiger charge is -2.43. The number of ether oxygens (including phenoxy) is 2. The number of hydrogen-bond donors (Lipinski definition) is 3. The number of alkyl halides is 6. The molecule has 3 aromatic rings. The van der Waals surface area contributed by atoms with E-state index in [1.807, 2.05) is 6.07 Å². The maximum atomic E-state index is 10.6. The molecule has 2 fully saturated rings. The zero-order valence-electron chi connectivity index (χ0n) is 30.5. The van der Waals surface area contributed by atoms with Gasteiger partial charge in [-0.05, 0) is 131 Å². The number of aromatic nitrogens is 1. The minimum Gasteiger partial charge on any atom is -0.493 e. The predicted octanol–water partition coefficient (Wildman–Crippen LogP) is 8.60. The number of likely N-dealkylation sites (tertiary alicyclic amines) is 2. The molecule has 52 heavy (non-hydrogen) atoms. The summed E-state index contributed by atoms with van der Waals surface area (Å²) < 4.78 is 74.6. The summed E-state index contributed by atoms with van der Waals surface area (Å²) in [7, 11) is 3.38. The van der Waals surface area contributed by atoms with Crippen molar-refractivity contribution in [2.45, 2.75) is 96.6 Å². The lowest BCUT2D eigenvalue weighted by molar-refractivity contribution is -0.193. The molecule has 2 saturated heterocycles. The molecule has 2 aromatic carbocycles. The molecule has 3 heterocycles. The first-order chi connectivity index (χ1) is 24.2. The third-order valence-electron chi connectivity index (χ3n) is 9.68. The van der Waals surface area contributed by atoms with Crippen molar-refractivity contribution in [3.63, 3.8) is 0 Å². The summed E-state index contributed by atoms with van der Waals surface area (Å²) >= 11 is 0. The van der Waals surface area contributed by atoms with Gasteiger partial charge in [-0.2, -0.15) is 26.3 Å². The molecule has 9 nitrogen and oxygen atoms in total. The SMILES string of the molecule is COc1ccc(-c2[nH]c3cc(C)c(C4CCN(C5CCN(C(C)C)CC5)CC4)cc3c2C(C)C)cc1OC.O=C(O)C(F)(F)F.O=C(O)C(F)(F)F. The third kappa shape index (κ3) is 10.8. The van der Waals surface area contributed by atoms with Crippen molar-refractivity contribution in [1.82, 2.24) is 14.8 Å². The number of aliphatic carboxylic acids is 2. The van der Waals surface area contributed by atoms with Gasteiger partial charge >= 0.3 is 24.3 Å². The molecule has 3 N–H and O–H groups in total. The van der Waals surface area contributed by atoms with Crippen LogP contribution in [-0.2, 0) is 9.59 Å². The molecular formula is C37H49F6N3O6. The summed E-state index contributed by atoms with van der Waals surface area (Å²) in [6.45, 7) is 16.5. The van der Waals surface area contributed by atoms with Crippen LogP contribution in [0.5, 0.6) is 11.5 Å². The fourth-order valence-corrected chi connectivity index (χ4v) is 6.99. The number of piperidine rings is 2. The van der Waals surface area contributed by atoms with Gasteiger partial charge in [0.15, 0.2) is 11.5 Å². The zero-order valence-corrected chi connectivity index (χ0v) is 30.5. The van der Waals surface area contributed by atoms with Crippen LogP contribution in [0.15, 0.2) is 30.3 Å². The smallest absolute Gasteiger partial charge is 0.490 e. The van der Waals surface area contributed by atoms with Crippen molar-refractivity contribution in [3.05, 3.63) is 47.0 Å². The molecule has 2 aliphatic rings. The summed E-state index contributed by atoms with van der Waals surface area (Å²) in [5.41, 5.74) is 7.91. The molecule has 15 heteroatoms. The zero-order chi connectivity index (χ0) is 39.1. The molecule has 0 aliphatic carbocycles. The number of hydrogen-bond acceptors (Lipinski definition) is 6. The van der Waals surface area contributed by atoms with Crippen LogP contribution in [0.1, 0.15) is 81.9 Å². The molecule has 0 amide bonds. The van der Waals surface area contributed by atoms with Crippen LogP contribution in [0.25, 0.3) is 22.2 Å². The van der Waals surface area contributed by atoms with Gasteiger partial charge in [-0.3, -0.25) is 0 Å². The number of benzene rings is 2. The highest BCUT2D eigenvalue weighted by Crippen LogP contribution is 2.42. The van der Waals surface area contributed by atoms with Crippen molar-refractivity contribution in [2.75, 3.05) is 40.4 Å². The van der Waals surface area contributed by atoms with Crippen LogP contribution in [0.3, 0.4) is 0 Å². The quantitative estimate of drug-likeness (QED) is 0.206. The van der Waals surface area contributed by atoms with E-state index in [1.165, 1.54) is 79.6 Å². The number of aryl methyl sites for hydroxylation is 1. The number of carboxylic acid groups (broad SMARTS) is 2. The Morgan fingerprint density at radius 1 is 0.808 bits per heavy atom. The number of fused-ring (bicyclic) bond motifs is 1. The van der Waals surface area contributed by atoms with Gasteiger partial charge in [0.1, 0.15) is 0 Å². The van der Waals surface area contributed by atoms with Gasteiger partial charge < -0.3 is 34.5 Å². The van der Waals surface area contributed by atoms with E-state index in [2.05, 4.69) is 73.7 Å². The average molecular weight is 746 g/mol. The normalized spacial score (nSPS) is 16.7. The van der Waals surface area contributed by atoms with Crippen molar-refractivity contribution in [2.24, 2.45) is 0 Å². The molecule has 0 unspecified atom stereocenters. The lowest BCUT2D eigenvalue weighted by Crippen LogP contribution is -2.48. The first-order valence-electron chi connectivity index (χ1n) is 17.2. The van der Waals surface area contributed by atoms with Gasteiger partial charge in [-0.25, -0.2) is 9.59 Å². The molecule has 0 spiro atoms. The topological polar surface area (TPSA) is 115 Å². The largest absolute Gasteiger partial charge is 0.493 e. The summed E-state index contributed by atoms with van der Waals surface area (Å²) in [6.07, 6.45) is -4.98. The molecule has 0 bridgehead atoms. The Morgan fingerprint density at radius 2 is 1.33 bits per heavy atom. The fourth-order valence-electron chi connectivity index (χ4n) is 6.99. The number of nitrogens with zero attached hydrogens (tertiary/aromatic N) is 2. The highest BCUT2D eigenvalue weighted by atomic mass is 19.4. The number of halogens is 6. The number of nitrogens with one attached hydrogen (secondary N) is 1. The molecule has 290 valence electrons. The highest BCUT2D eigenvalue weighted by Gasteiger charge is 2.39. The number of methoxy groups -OCH3 is 2. The summed E-state index contributed by atoms with van der Waals surface area (Å²) in [6, 6.07) is 12.6. The van der Waals surface area contributed by atoms with Crippen molar-refractivity contribution < 1.29 is 55.6 Å². The van der Waals surface area contributed by atoms with E-state index in [9.17, 15) is 26.3 Å². The number of carboxylic acids is 2. The molecule has 2 aliphatic heterocycles.